The van der Waals surface area contributed by atoms with Crippen LogP contribution in [0.4, 0.5) is 10.5 Å². The van der Waals surface area contributed by atoms with E-state index in [1.165, 1.54) is 10.7 Å². The number of halogens is 4. The van der Waals surface area contributed by atoms with Crippen LogP contribution in [0.25, 0.3) is 11.3 Å². The summed E-state index contributed by atoms with van der Waals surface area (Å²) in [7, 11) is 0. The molecule has 11 heteroatoms. The molecule has 1 aliphatic carbocycles. The van der Waals surface area contributed by atoms with E-state index < -0.39 is 5.91 Å². The van der Waals surface area contributed by atoms with Gasteiger partial charge in [0.05, 0.1) is 37.0 Å². The molecule has 0 atom stereocenters. The lowest BCUT2D eigenvalue weighted by molar-refractivity contribution is 0.102. The molecule has 4 aromatic rings. The Kier molecular flexibility index (Phi) is 8.57. The molecule has 1 saturated carbocycles. The van der Waals surface area contributed by atoms with Crippen LogP contribution < -0.4 is 10.6 Å². The van der Waals surface area contributed by atoms with Crippen LogP contribution in [0.2, 0.25) is 20.1 Å². The molecule has 0 saturated heterocycles. The Labute approximate surface area is 251 Å². The quantitative estimate of drug-likeness (QED) is 0.202. The highest BCUT2D eigenvalue weighted by Crippen LogP contribution is 2.38. The van der Waals surface area contributed by atoms with Gasteiger partial charge in [-0.3, -0.25) is 4.79 Å². The number of hydrogen-bond acceptors (Lipinski definition) is 4. The van der Waals surface area contributed by atoms with Gasteiger partial charge in [-0.25, -0.2) is 4.79 Å². The Balaban J connectivity index is 1.38. The number of benzene rings is 3. The number of anilines is 1. The van der Waals surface area contributed by atoms with Gasteiger partial charge in [-0.05, 0) is 60.9 Å². The molecule has 7 nitrogen and oxygen atoms in total. The van der Waals surface area contributed by atoms with Crippen molar-refractivity contribution in [3.63, 3.8) is 0 Å². The van der Waals surface area contributed by atoms with Crippen LogP contribution in [-0.2, 0) is 6.54 Å². The van der Waals surface area contributed by atoms with Crippen molar-refractivity contribution in [3.8, 4) is 17.0 Å². The Morgan fingerprint density at radius 3 is 2.30 bits per heavy atom. The predicted molar refractivity (Wildman–Crippen MR) is 159 cm³/mol. The van der Waals surface area contributed by atoms with Crippen LogP contribution in [0.15, 0.2) is 60.7 Å². The maximum absolute atomic E-state index is 13.2. The molecule has 3 aromatic carbocycles. The first-order chi connectivity index (χ1) is 19.2. The minimum atomic E-state index is -0.505. The Hall–Kier alpha value is -3.23. The Bertz CT molecular complexity index is 1580. The molecule has 0 aliphatic heterocycles. The second kappa shape index (κ2) is 12.1. The summed E-state index contributed by atoms with van der Waals surface area (Å²) in [6, 6.07) is 16.1. The van der Waals surface area contributed by atoms with Crippen molar-refractivity contribution in [3.05, 3.63) is 97.6 Å². The highest BCUT2D eigenvalue weighted by molar-refractivity contribution is 6.42. The second-order valence-electron chi connectivity index (χ2n) is 9.54. The van der Waals surface area contributed by atoms with Crippen molar-refractivity contribution < 1.29 is 14.7 Å². The molecule has 1 aliphatic rings. The molecule has 0 unspecified atom stereocenters. The molecular formula is C29H24Cl4N4O3. The van der Waals surface area contributed by atoms with Crippen molar-refractivity contribution in [2.45, 2.75) is 38.1 Å². The smallest absolute Gasteiger partial charge is 0.342 e. The summed E-state index contributed by atoms with van der Waals surface area (Å²) in [6.07, 6.45) is 4.05. The highest BCUT2D eigenvalue weighted by Gasteiger charge is 2.26. The Morgan fingerprint density at radius 2 is 1.62 bits per heavy atom. The number of phenolic OH excluding ortho intramolecular Hbond substituents is 1. The second-order valence-corrected chi connectivity index (χ2v) is 11.2. The molecule has 40 heavy (non-hydrogen) atoms. The summed E-state index contributed by atoms with van der Waals surface area (Å²) in [4.78, 5) is 26.0. The molecule has 206 valence electrons. The van der Waals surface area contributed by atoms with Crippen LogP contribution in [0.1, 0.15) is 53.2 Å². The Morgan fingerprint density at radius 1 is 0.900 bits per heavy atom. The summed E-state index contributed by atoms with van der Waals surface area (Å²) in [5.41, 5.74) is 2.92. The zero-order chi connectivity index (χ0) is 28.4. The minimum Gasteiger partial charge on any atom is -0.507 e. The highest BCUT2D eigenvalue weighted by atomic mass is 35.5. The first kappa shape index (κ1) is 28.3. The number of phenols is 1. The van der Waals surface area contributed by atoms with Crippen molar-refractivity contribution in [1.82, 2.24) is 15.1 Å². The van der Waals surface area contributed by atoms with Crippen molar-refractivity contribution >= 4 is 64.0 Å². The summed E-state index contributed by atoms with van der Waals surface area (Å²) >= 11 is 24.4. The van der Waals surface area contributed by atoms with Crippen LogP contribution in [0, 0.1) is 0 Å². The summed E-state index contributed by atoms with van der Waals surface area (Å²) < 4.78 is 1.37. The molecule has 0 bridgehead atoms. The fourth-order valence-corrected chi connectivity index (χ4v) is 5.73. The third-order valence-corrected chi connectivity index (χ3v) is 8.22. The van der Waals surface area contributed by atoms with Gasteiger partial charge in [-0.1, -0.05) is 71.4 Å². The van der Waals surface area contributed by atoms with E-state index in [2.05, 4.69) is 15.7 Å². The monoisotopic (exact) mass is 616 g/mol. The lowest BCUT2D eigenvalue weighted by Crippen LogP contribution is -2.30. The summed E-state index contributed by atoms with van der Waals surface area (Å²) in [5, 5.41) is 22.3. The average Bonchev–Trinajstić information content (AvgIpc) is 3.60. The van der Waals surface area contributed by atoms with Gasteiger partial charge in [0.1, 0.15) is 5.75 Å². The maximum Gasteiger partial charge on any atom is 0.342 e. The van der Waals surface area contributed by atoms with E-state index in [1.54, 1.807) is 48.5 Å². The van der Waals surface area contributed by atoms with Gasteiger partial charge in [-0.2, -0.15) is 9.78 Å². The zero-order valence-electron chi connectivity index (χ0n) is 21.1. The van der Waals surface area contributed by atoms with Crippen molar-refractivity contribution in [2.75, 3.05) is 5.32 Å². The fourth-order valence-electron chi connectivity index (χ4n) is 4.84. The average molecular weight is 618 g/mol. The molecule has 1 heterocycles. The van der Waals surface area contributed by atoms with Crippen LogP contribution in [0.5, 0.6) is 5.75 Å². The number of aromatic hydroxyl groups is 1. The molecule has 0 spiro atoms. The summed E-state index contributed by atoms with van der Waals surface area (Å²) in [5.74, 6) is -0.436. The molecule has 5 rings (SSSR count). The first-order valence-corrected chi connectivity index (χ1v) is 14.1. The van der Waals surface area contributed by atoms with Gasteiger partial charge in [0.15, 0.2) is 0 Å². The number of nitrogens with zero attached hydrogens (tertiary/aromatic N) is 2. The number of rotatable bonds is 6. The number of aromatic nitrogens is 2. The SMILES string of the molecule is O=C(Nc1ccc(-c2cc(C3CCCC3)n(C(=O)NCc3ccc(Cl)c(Cl)c3)n2)c(O)c1)c1c(Cl)cccc1Cl. The minimum absolute atomic E-state index is 0.109. The number of nitrogens with one attached hydrogen (secondary N) is 2. The number of amides is 2. The lowest BCUT2D eigenvalue weighted by Gasteiger charge is -2.12. The third-order valence-electron chi connectivity index (χ3n) is 6.85. The van der Waals surface area contributed by atoms with Gasteiger partial charge in [0.2, 0.25) is 0 Å². The maximum atomic E-state index is 13.2. The van der Waals surface area contributed by atoms with E-state index in [0.29, 0.717) is 27.0 Å². The third kappa shape index (κ3) is 6.08. The van der Waals surface area contributed by atoms with Gasteiger partial charge in [0, 0.05) is 29.8 Å². The largest absolute Gasteiger partial charge is 0.507 e. The fraction of sp³-hybridized carbons (Fsp3) is 0.207. The molecule has 3 N–H and O–H groups in total. The van der Waals surface area contributed by atoms with Gasteiger partial charge in [0.25, 0.3) is 5.91 Å². The van der Waals surface area contributed by atoms with E-state index in [0.717, 1.165) is 36.9 Å². The standard InChI is InChI=1S/C29H24Cl4N4O3/c30-20-11-8-16(12-23(20)33)15-34-29(40)37-25(17-4-1-2-5-17)14-24(36-37)19-10-9-18(13-26(19)38)35-28(39)27-21(31)6-3-7-22(27)32/h3,6-14,17,38H,1-2,4-5,15H2,(H,34,40)(H,35,39). The van der Waals surface area contributed by atoms with E-state index >= 15 is 0 Å². The molecule has 2 amide bonds. The molecule has 0 radical (unpaired) electrons. The lowest BCUT2D eigenvalue weighted by atomic mass is 10.0. The van der Waals surface area contributed by atoms with E-state index in [4.69, 9.17) is 46.4 Å². The summed E-state index contributed by atoms with van der Waals surface area (Å²) in [6.45, 7) is 0.240. The van der Waals surface area contributed by atoms with E-state index in [9.17, 15) is 14.7 Å². The first-order valence-electron chi connectivity index (χ1n) is 12.6. The molecule has 1 aromatic heterocycles. The van der Waals surface area contributed by atoms with Gasteiger partial charge >= 0.3 is 6.03 Å². The van der Waals surface area contributed by atoms with E-state index in [1.807, 2.05) is 6.07 Å². The number of hydrogen-bond donors (Lipinski definition) is 3. The van der Waals surface area contributed by atoms with Gasteiger partial charge < -0.3 is 15.7 Å². The molecule has 1 fully saturated rings. The van der Waals surface area contributed by atoms with Crippen LogP contribution in [0.3, 0.4) is 0 Å². The predicted octanol–water partition coefficient (Wildman–Crippen LogP) is 8.54. The zero-order valence-corrected chi connectivity index (χ0v) is 24.1. The van der Waals surface area contributed by atoms with Crippen molar-refractivity contribution in [2.24, 2.45) is 0 Å². The topological polar surface area (TPSA) is 96.3 Å². The van der Waals surface area contributed by atoms with Crippen molar-refractivity contribution in [1.29, 1.82) is 0 Å². The molecular weight excluding hydrogens is 594 g/mol. The normalized spacial score (nSPS) is 13.4. The van der Waals surface area contributed by atoms with Gasteiger partial charge in [-0.15, -0.1) is 0 Å². The van der Waals surface area contributed by atoms with Crippen LogP contribution >= 0.6 is 46.4 Å². The number of carbonyl (C=O) groups is 2. The van der Waals surface area contributed by atoms with Crippen LogP contribution in [-0.4, -0.2) is 26.8 Å². The number of carbonyl (C=O) groups excluding carboxylic acids is 2. The van der Waals surface area contributed by atoms with E-state index in [-0.39, 0.29) is 39.9 Å².